The highest BCUT2D eigenvalue weighted by molar-refractivity contribution is 7.21. The van der Waals surface area contributed by atoms with Gasteiger partial charge >= 0.3 is 0 Å². The fraction of sp³-hybridized carbons (Fsp3) is 0.333. The Bertz CT molecular complexity index is 1090. The summed E-state index contributed by atoms with van der Waals surface area (Å²) in [6, 6.07) is 18.3. The van der Waals surface area contributed by atoms with Gasteiger partial charge in [-0.1, -0.05) is 36.4 Å². The minimum Gasteiger partial charge on any atom is -0.337 e. The van der Waals surface area contributed by atoms with Crippen LogP contribution in [-0.4, -0.2) is 59.9 Å². The van der Waals surface area contributed by atoms with Gasteiger partial charge < -0.3 is 15.1 Å². The number of likely N-dealkylation sites (tertiary alicyclic amines) is 2. The van der Waals surface area contributed by atoms with Crippen molar-refractivity contribution in [1.82, 2.24) is 15.1 Å². The average molecular weight is 420 g/mol. The minimum absolute atomic E-state index is 0.102. The van der Waals surface area contributed by atoms with Crippen LogP contribution in [0.15, 0.2) is 54.6 Å². The minimum atomic E-state index is 0.102. The lowest BCUT2D eigenvalue weighted by Crippen LogP contribution is -2.62. The summed E-state index contributed by atoms with van der Waals surface area (Å²) in [4.78, 5) is 30.3. The fourth-order valence-corrected chi connectivity index (χ4v) is 5.63. The molecule has 0 spiro atoms. The summed E-state index contributed by atoms with van der Waals surface area (Å²) in [5.41, 5.74) is 1.83. The van der Waals surface area contributed by atoms with E-state index in [0.717, 1.165) is 48.6 Å². The molecule has 154 valence electrons. The molecule has 2 amide bonds. The normalized spacial score (nSPS) is 19.3. The molecule has 0 aliphatic carbocycles. The summed E-state index contributed by atoms with van der Waals surface area (Å²) in [5, 5.41) is 4.82. The zero-order chi connectivity index (χ0) is 20.7. The number of hydrogen-bond donors (Lipinski definition) is 1. The second kappa shape index (κ2) is 7.85. The van der Waals surface area contributed by atoms with Crippen LogP contribution in [0, 0.1) is 6.92 Å². The SMILES string of the molecule is Cc1c(C(=O)N2CC(N[C@H]3CCN(C(=O)c4ccccc4)C3)C2)sc2ccccc12. The lowest BCUT2D eigenvalue weighted by Gasteiger charge is -2.41. The zero-order valence-electron chi connectivity index (χ0n) is 17.0. The third kappa shape index (κ3) is 3.50. The molecule has 2 fully saturated rings. The first-order valence-corrected chi connectivity index (χ1v) is 11.3. The van der Waals surface area contributed by atoms with Crippen LogP contribution in [0.3, 0.4) is 0 Å². The van der Waals surface area contributed by atoms with Gasteiger partial charge in [0.05, 0.1) is 4.88 Å². The van der Waals surface area contributed by atoms with Crippen LogP contribution in [0.4, 0.5) is 0 Å². The number of thiophene rings is 1. The molecule has 30 heavy (non-hydrogen) atoms. The predicted octanol–water partition coefficient (Wildman–Crippen LogP) is 3.54. The number of fused-ring (bicyclic) bond motifs is 1. The highest BCUT2D eigenvalue weighted by atomic mass is 32.1. The smallest absolute Gasteiger partial charge is 0.264 e. The third-order valence-corrected chi connectivity index (χ3v) is 7.44. The topological polar surface area (TPSA) is 52.7 Å². The average Bonchev–Trinajstić information content (AvgIpc) is 3.35. The molecule has 0 saturated carbocycles. The number of nitrogens with one attached hydrogen (secondary N) is 1. The van der Waals surface area contributed by atoms with Gasteiger partial charge in [0, 0.05) is 48.5 Å². The molecular formula is C24H25N3O2S. The summed E-state index contributed by atoms with van der Waals surface area (Å²) in [7, 11) is 0. The van der Waals surface area contributed by atoms with E-state index in [-0.39, 0.29) is 11.8 Å². The second-order valence-electron chi connectivity index (χ2n) is 8.23. The van der Waals surface area contributed by atoms with Crippen LogP contribution < -0.4 is 5.32 Å². The summed E-state index contributed by atoms with van der Waals surface area (Å²) in [6.07, 6.45) is 0.957. The number of amides is 2. The van der Waals surface area contributed by atoms with Crippen LogP contribution >= 0.6 is 11.3 Å². The van der Waals surface area contributed by atoms with Crippen molar-refractivity contribution in [2.24, 2.45) is 0 Å². The third-order valence-electron chi connectivity index (χ3n) is 6.17. The molecule has 1 atom stereocenters. The quantitative estimate of drug-likeness (QED) is 0.704. The van der Waals surface area contributed by atoms with Crippen molar-refractivity contribution in [1.29, 1.82) is 0 Å². The van der Waals surface area contributed by atoms with E-state index >= 15 is 0 Å². The number of carbonyl (C=O) groups excluding carboxylic acids is 2. The number of nitrogens with zero attached hydrogens (tertiary/aromatic N) is 2. The van der Waals surface area contributed by atoms with E-state index in [1.165, 1.54) is 10.1 Å². The Hall–Kier alpha value is -2.70. The molecule has 3 aromatic rings. The van der Waals surface area contributed by atoms with Crippen molar-refractivity contribution in [3.63, 3.8) is 0 Å². The van der Waals surface area contributed by atoms with Crippen LogP contribution in [-0.2, 0) is 0 Å². The van der Waals surface area contributed by atoms with Crippen LogP contribution in [0.5, 0.6) is 0 Å². The van der Waals surface area contributed by atoms with Gasteiger partial charge in [0.15, 0.2) is 0 Å². The van der Waals surface area contributed by atoms with E-state index in [4.69, 9.17) is 0 Å². The Morgan fingerprint density at radius 3 is 2.37 bits per heavy atom. The fourth-order valence-electron chi connectivity index (χ4n) is 4.45. The molecule has 2 aliphatic heterocycles. The molecule has 2 aliphatic rings. The molecule has 5 rings (SSSR count). The van der Waals surface area contributed by atoms with Crippen molar-refractivity contribution < 1.29 is 9.59 Å². The van der Waals surface area contributed by atoms with Crippen molar-refractivity contribution in [2.45, 2.75) is 25.4 Å². The molecule has 3 heterocycles. The number of hydrogen-bond acceptors (Lipinski definition) is 4. The van der Waals surface area contributed by atoms with Gasteiger partial charge in [0.25, 0.3) is 11.8 Å². The number of aryl methyl sites for hydroxylation is 1. The summed E-state index contributed by atoms with van der Waals surface area (Å²) in [5.74, 6) is 0.240. The summed E-state index contributed by atoms with van der Waals surface area (Å²) >= 11 is 1.59. The highest BCUT2D eigenvalue weighted by Gasteiger charge is 2.36. The number of rotatable bonds is 4. The maximum atomic E-state index is 13.0. The molecule has 0 bridgehead atoms. The van der Waals surface area contributed by atoms with Crippen molar-refractivity contribution in [3.05, 3.63) is 70.6 Å². The van der Waals surface area contributed by atoms with Crippen LogP contribution in [0.25, 0.3) is 10.1 Å². The molecule has 2 aromatic carbocycles. The maximum Gasteiger partial charge on any atom is 0.264 e. The van der Waals surface area contributed by atoms with E-state index in [1.807, 2.05) is 59.2 Å². The molecular weight excluding hydrogens is 394 g/mol. The number of benzene rings is 2. The molecule has 6 heteroatoms. The standard InChI is InChI=1S/C24H25N3O2S/c1-16-20-9-5-6-10-21(20)30-22(16)24(29)27-14-19(15-27)25-18-11-12-26(13-18)23(28)17-7-3-2-4-8-17/h2-10,18-19,25H,11-15H2,1H3/t18-/m0/s1. The van der Waals surface area contributed by atoms with E-state index in [9.17, 15) is 9.59 Å². The van der Waals surface area contributed by atoms with Gasteiger partial charge in [0.1, 0.15) is 0 Å². The van der Waals surface area contributed by atoms with E-state index in [2.05, 4.69) is 17.4 Å². The van der Waals surface area contributed by atoms with Gasteiger partial charge in [-0.2, -0.15) is 0 Å². The lowest BCUT2D eigenvalue weighted by atomic mass is 10.1. The Morgan fingerprint density at radius 2 is 1.60 bits per heavy atom. The van der Waals surface area contributed by atoms with Gasteiger partial charge in [-0.05, 0) is 42.5 Å². The van der Waals surface area contributed by atoms with E-state index in [0.29, 0.717) is 12.1 Å². The predicted molar refractivity (Wildman–Crippen MR) is 120 cm³/mol. The van der Waals surface area contributed by atoms with Crippen molar-refractivity contribution in [2.75, 3.05) is 26.2 Å². The van der Waals surface area contributed by atoms with Crippen molar-refractivity contribution in [3.8, 4) is 0 Å². The summed E-state index contributed by atoms with van der Waals surface area (Å²) < 4.78 is 1.17. The molecule has 0 unspecified atom stereocenters. The Kier molecular flexibility index (Phi) is 5.05. The lowest BCUT2D eigenvalue weighted by molar-refractivity contribution is 0.0557. The Morgan fingerprint density at radius 1 is 0.900 bits per heavy atom. The number of carbonyl (C=O) groups is 2. The van der Waals surface area contributed by atoms with Crippen LogP contribution in [0.2, 0.25) is 0 Å². The monoisotopic (exact) mass is 419 g/mol. The molecule has 5 nitrogen and oxygen atoms in total. The first kappa shape index (κ1) is 19.3. The van der Waals surface area contributed by atoms with Gasteiger partial charge in [-0.25, -0.2) is 0 Å². The van der Waals surface area contributed by atoms with Gasteiger partial charge in [-0.15, -0.1) is 11.3 Å². The first-order valence-electron chi connectivity index (χ1n) is 10.5. The highest BCUT2D eigenvalue weighted by Crippen LogP contribution is 2.32. The first-order chi connectivity index (χ1) is 14.6. The molecule has 2 saturated heterocycles. The molecule has 1 N–H and O–H groups in total. The summed E-state index contributed by atoms with van der Waals surface area (Å²) in [6.45, 7) is 5.01. The van der Waals surface area contributed by atoms with Crippen LogP contribution in [0.1, 0.15) is 32.0 Å². The maximum absolute atomic E-state index is 13.0. The zero-order valence-corrected chi connectivity index (χ0v) is 17.8. The van der Waals surface area contributed by atoms with Crippen molar-refractivity contribution >= 4 is 33.2 Å². The molecule has 0 radical (unpaired) electrons. The largest absolute Gasteiger partial charge is 0.337 e. The van der Waals surface area contributed by atoms with Gasteiger partial charge in [-0.3, -0.25) is 9.59 Å². The van der Waals surface area contributed by atoms with Gasteiger partial charge in [0.2, 0.25) is 0 Å². The second-order valence-corrected chi connectivity index (χ2v) is 9.28. The van der Waals surface area contributed by atoms with E-state index in [1.54, 1.807) is 11.3 Å². The Balaban J connectivity index is 1.15. The Labute approximate surface area is 180 Å². The van der Waals surface area contributed by atoms with E-state index < -0.39 is 0 Å². The molecule has 1 aromatic heterocycles.